The fourth-order valence-electron chi connectivity index (χ4n) is 2.01. The molecular weight excluding hydrogens is 206 g/mol. The molecular formula is C16H31N. The minimum Gasteiger partial charge on any atom is -0.355 e. The van der Waals surface area contributed by atoms with Crippen molar-refractivity contribution in [2.45, 2.75) is 72.1 Å². The maximum absolute atomic E-state index is 2.27. The monoisotopic (exact) mass is 237 g/mol. The molecule has 0 aromatic heterocycles. The van der Waals surface area contributed by atoms with E-state index in [0.29, 0.717) is 0 Å². The Bertz CT molecular complexity index is 182. The van der Waals surface area contributed by atoms with Crippen molar-refractivity contribution in [3.8, 4) is 0 Å². The Kier molecular flexibility index (Phi) is 12.8. The van der Waals surface area contributed by atoms with Gasteiger partial charge in [-0.15, -0.1) is 0 Å². The van der Waals surface area contributed by atoms with E-state index < -0.39 is 0 Å². The van der Waals surface area contributed by atoms with E-state index in [4.69, 9.17) is 0 Å². The molecule has 0 rings (SSSR count). The van der Waals surface area contributed by atoms with E-state index in [0.717, 1.165) is 6.54 Å². The van der Waals surface area contributed by atoms with Gasteiger partial charge in [-0.05, 0) is 32.7 Å². The zero-order valence-corrected chi connectivity index (χ0v) is 12.1. The molecule has 0 spiro atoms. The predicted molar refractivity (Wildman–Crippen MR) is 78.9 cm³/mol. The van der Waals surface area contributed by atoms with Crippen LogP contribution >= 0.6 is 0 Å². The molecule has 0 saturated heterocycles. The lowest BCUT2D eigenvalue weighted by molar-refractivity contribution is 0.464. The molecule has 0 radical (unpaired) electrons. The highest BCUT2D eigenvalue weighted by molar-refractivity contribution is 4.88. The third kappa shape index (κ3) is 11.5. The van der Waals surface area contributed by atoms with Crippen molar-refractivity contribution < 1.29 is 0 Å². The SMILES string of the molecule is CC=CN(C=CC)CCCCCCCCCC. The van der Waals surface area contributed by atoms with Gasteiger partial charge in [0.05, 0.1) is 0 Å². The summed E-state index contributed by atoms with van der Waals surface area (Å²) in [5, 5.41) is 0. The van der Waals surface area contributed by atoms with Crippen LogP contribution in [-0.4, -0.2) is 11.4 Å². The second kappa shape index (κ2) is 13.3. The van der Waals surface area contributed by atoms with Gasteiger partial charge in [0.25, 0.3) is 0 Å². The smallest absolute Gasteiger partial charge is 0.0219 e. The van der Waals surface area contributed by atoms with Crippen LogP contribution < -0.4 is 0 Å². The van der Waals surface area contributed by atoms with E-state index in [1.165, 1.54) is 51.4 Å². The maximum Gasteiger partial charge on any atom is 0.0219 e. The topological polar surface area (TPSA) is 3.24 Å². The Balaban J connectivity index is 3.36. The normalized spacial score (nSPS) is 11.7. The molecule has 0 N–H and O–H groups in total. The van der Waals surface area contributed by atoms with Crippen molar-refractivity contribution in [3.05, 3.63) is 24.6 Å². The number of hydrogen-bond acceptors (Lipinski definition) is 1. The minimum atomic E-state index is 1.16. The van der Waals surface area contributed by atoms with Crippen LogP contribution in [0.5, 0.6) is 0 Å². The molecule has 0 aliphatic rings. The maximum atomic E-state index is 2.27. The van der Waals surface area contributed by atoms with E-state index in [1.54, 1.807) is 0 Å². The molecule has 0 aromatic carbocycles. The molecule has 0 fully saturated rings. The van der Waals surface area contributed by atoms with Crippen molar-refractivity contribution in [3.63, 3.8) is 0 Å². The Morgan fingerprint density at radius 1 is 0.706 bits per heavy atom. The fraction of sp³-hybridized carbons (Fsp3) is 0.750. The predicted octanol–water partition coefficient (Wildman–Crippen LogP) is 5.50. The zero-order valence-electron chi connectivity index (χ0n) is 12.1. The zero-order chi connectivity index (χ0) is 12.8. The molecule has 0 aromatic rings. The summed E-state index contributed by atoms with van der Waals surface area (Å²) in [4.78, 5) is 2.27. The summed E-state index contributed by atoms with van der Waals surface area (Å²) < 4.78 is 0. The average Bonchev–Trinajstić information content (AvgIpc) is 2.33. The Hall–Kier alpha value is -0.720. The first-order valence-corrected chi connectivity index (χ1v) is 7.36. The van der Waals surface area contributed by atoms with Gasteiger partial charge in [-0.25, -0.2) is 0 Å². The van der Waals surface area contributed by atoms with Crippen LogP contribution in [0.3, 0.4) is 0 Å². The Morgan fingerprint density at radius 3 is 1.65 bits per heavy atom. The van der Waals surface area contributed by atoms with Crippen molar-refractivity contribution in [1.82, 2.24) is 4.90 Å². The number of rotatable bonds is 11. The van der Waals surface area contributed by atoms with Crippen molar-refractivity contribution in [2.75, 3.05) is 6.54 Å². The van der Waals surface area contributed by atoms with Crippen LogP contribution in [-0.2, 0) is 0 Å². The highest BCUT2D eigenvalue weighted by atomic mass is 15.1. The molecule has 17 heavy (non-hydrogen) atoms. The number of unbranched alkanes of at least 4 members (excludes halogenated alkanes) is 7. The second-order valence-electron chi connectivity index (χ2n) is 4.68. The largest absolute Gasteiger partial charge is 0.355 e. The summed E-state index contributed by atoms with van der Waals surface area (Å²) in [5.74, 6) is 0. The quantitative estimate of drug-likeness (QED) is 0.429. The third-order valence-electron chi connectivity index (χ3n) is 2.95. The average molecular weight is 237 g/mol. The summed E-state index contributed by atoms with van der Waals surface area (Å²) in [6, 6.07) is 0. The first-order valence-electron chi connectivity index (χ1n) is 7.36. The van der Waals surface area contributed by atoms with Gasteiger partial charge >= 0.3 is 0 Å². The van der Waals surface area contributed by atoms with Gasteiger partial charge < -0.3 is 4.90 Å². The molecule has 1 heteroatoms. The van der Waals surface area contributed by atoms with Gasteiger partial charge in [0.2, 0.25) is 0 Å². The number of nitrogens with zero attached hydrogens (tertiary/aromatic N) is 1. The first kappa shape index (κ1) is 16.3. The molecule has 0 atom stereocenters. The van der Waals surface area contributed by atoms with Crippen molar-refractivity contribution in [1.29, 1.82) is 0 Å². The molecule has 1 nitrogen and oxygen atoms in total. The van der Waals surface area contributed by atoms with Crippen LogP contribution in [0.25, 0.3) is 0 Å². The first-order chi connectivity index (χ1) is 8.35. The van der Waals surface area contributed by atoms with Crippen molar-refractivity contribution in [2.24, 2.45) is 0 Å². The lowest BCUT2D eigenvalue weighted by Crippen LogP contribution is -2.10. The van der Waals surface area contributed by atoms with E-state index in [2.05, 4.69) is 50.2 Å². The number of hydrogen-bond donors (Lipinski definition) is 0. The van der Waals surface area contributed by atoms with Gasteiger partial charge in [-0.3, -0.25) is 0 Å². The fourth-order valence-corrected chi connectivity index (χ4v) is 2.01. The van der Waals surface area contributed by atoms with Crippen molar-refractivity contribution >= 4 is 0 Å². The van der Waals surface area contributed by atoms with Crippen LogP contribution in [0.4, 0.5) is 0 Å². The van der Waals surface area contributed by atoms with Gasteiger partial charge in [-0.2, -0.15) is 0 Å². The second-order valence-corrected chi connectivity index (χ2v) is 4.68. The Morgan fingerprint density at radius 2 is 1.18 bits per heavy atom. The summed E-state index contributed by atoms with van der Waals surface area (Å²) in [5.41, 5.74) is 0. The van der Waals surface area contributed by atoms with E-state index in [1.807, 2.05) is 0 Å². The lowest BCUT2D eigenvalue weighted by atomic mass is 10.1. The summed E-state index contributed by atoms with van der Waals surface area (Å²) >= 11 is 0. The van der Waals surface area contributed by atoms with E-state index in [9.17, 15) is 0 Å². The van der Waals surface area contributed by atoms with Gasteiger partial charge in [-0.1, -0.05) is 64.0 Å². The van der Waals surface area contributed by atoms with Crippen LogP contribution in [0.2, 0.25) is 0 Å². The molecule has 0 bridgehead atoms. The van der Waals surface area contributed by atoms with E-state index >= 15 is 0 Å². The minimum absolute atomic E-state index is 1.16. The van der Waals surface area contributed by atoms with Gasteiger partial charge in [0.1, 0.15) is 0 Å². The summed E-state index contributed by atoms with van der Waals surface area (Å²) in [6.45, 7) is 7.58. The summed E-state index contributed by atoms with van der Waals surface area (Å²) in [7, 11) is 0. The molecule has 0 amide bonds. The molecule has 0 saturated carbocycles. The standard InChI is InChI=1S/C16H31N/c1-4-7-8-9-10-11-12-13-16-17(14-5-2)15-6-3/h5-6,14-15H,4,7-13,16H2,1-3H3. The van der Waals surface area contributed by atoms with Crippen LogP contribution in [0, 0.1) is 0 Å². The lowest BCUT2D eigenvalue weighted by Gasteiger charge is -2.14. The van der Waals surface area contributed by atoms with Crippen LogP contribution in [0.1, 0.15) is 72.1 Å². The van der Waals surface area contributed by atoms with Crippen LogP contribution in [0.15, 0.2) is 24.6 Å². The summed E-state index contributed by atoms with van der Waals surface area (Å²) in [6.07, 6.45) is 19.6. The molecule has 0 unspecified atom stereocenters. The highest BCUT2D eigenvalue weighted by Gasteiger charge is 1.95. The molecule has 0 aliphatic heterocycles. The molecule has 0 aliphatic carbocycles. The van der Waals surface area contributed by atoms with E-state index in [-0.39, 0.29) is 0 Å². The molecule has 100 valence electrons. The van der Waals surface area contributed by atoms with Gasteiger partial charge in [0.15, 0.2) is 0 Å². The highest BCUT2D eigenvalue weighted by Crippen LogP contribution is 2.09. The Labute approximate surface area is 109 Å². The van der Waals surface area contributed by atoms with Gasteiger partial charge in [0, 0.05) is 6.54 Å². The number of allylic oxidation sites excluding steroid dienone is 2. The molecule has 0 heterocycles. The third-order valence-corrected chi connectivity index (χ3v) is 2.95.